The lowest BCUT2D eigenvalue weighted by molar-refractivity contribution is -0.386. The van der Waals surface area contributed by atoms with Gasteiger partial charge in [-0.15, -0.1) is 0 Å². The van der Waals surface area contributed by atoms with Crippen molar-refractivity contribution in [1.29, 1.82) is 0 Å². The minimum Gasteiger partial charge on any atom is -0.487 e. The van der Waals surface area contributed by atoms with E-state index in [4.69, 9.17) is 9.47 Å². The van der Waals surface area contributed by atoms with Crippen molar-refractivity contribution in [2.45, 2.75) is 84.0 Å². The highest BCUT2D eigenvalue weighted by atomic mass is 16.6. The second-order valence-electron chi connectivity index (χ2n) is 9.32. The highest BCUT2D eigenvalue weighted by Crippen LogP contribution is 2.45. The molecule has 0 spiro atoms. The molecule has 2 aliphatic rings. The van der Waals surface area contributed by atoms with Crippen LogP contribution in [0.25, 0.3) is 0 Å². The van der Waals surface area contributed by atoms with Crippen LogP contribution in [-0.4, -0.2) is 27.3 Å². The molecule has 0 saturated heterocycles. The summed E-state index contributed by atoms with van der Waals surface area (Å²) in [6.07, 6.45) is 3.12. The van der Waals surface area contributed by atoms with E-state index in [-0.39, 0.29) is 28.6 Å². The second kappa shape index (κ2) is 6.12. The summed E-state index contributed by atoms with van der Waals surface area (Å²) in [4.78, 5) is 11.1. The lowest BCUT2D eigenvalue weighted by Gasteiger charge is -2.45. The van der Waals surface area contributed by atoms with Gasteiger partial charge in [0.25, 0.3) is 0 Å². The molecule has 1 aromatic carbocycles. The van der Waals surface area contributed by atoms with E-state index in [9.17, 15) is 15.2 Å². The highest BCUT2D eigenvalue weighted by Gasteiger charge is 2.43. The third-order valence-corrected chi connectivity index (χ3v) is 5.79. The number of rotatable bonds is 3. The Kier molecular flexibility index (Phi) is 4.46. The van der Waals surface area contributed by atoms with E-state index in [0.29, 0.717) is 37.9 Å². The van der Waals surface area contributed by atoms with E-state index in [1.807, 2.05) is 34.6 Å². The highest BCUT2D eigenvalue weighted by molar-refractivity contribution is 5.57. The van der Waals surface area contributed by atoms with Crippen molar-refractivity contribution in [1.82, 2.24) is 0 Å². The first-order chi connectivity index (χ1) is 11.9. The molecule has 26 heavy (non-hydrogen) atoms. The van der Waals surface area contributed by atoms with Crippen LogP contribution in [0.5, 0.6) is 11.5 Å². The molecule has 144 valence electrons. The zero-order valence-electron chi connectivity index (χ0n) is 16.3. The van der Waals surface area contributed by atoms with E-state index in [0.717, 1.165) is 5.56 Å². The van der Waals surface area contributed by atoms with Gasteiger partial charge in [0, 0.05) is 24.1 Å². The van der Waals surface area contributed by atoms with Crippen LogP contribution >= 0.6 is 0 Å². The number of nitrogens with zero attached hydrogens (tertiary/aromatic N) is 1. The molecular weight excluding hydrogens is 334 g/mol. The van der Waals surface area contributed by atoms with Crippen molar-refractivity contribution < 1.29 is 19.5 Å². The van der Waals surface area contributed by atoms with Gasteiger partial charge in [0.2, 0.25) is 5.75 Å². The molecule has 1 heterocycles. The monoisotopic (exact) mass is 363 g/mol. The zero-order chi connectivity index (χ0) is 19.3. The molecule has 0 atom stereocenters. The molecule has 0 bridgehead atoms. The van der Waals surface area contributed by atoms with E-state index in [2.05, 4.69) is 0 Å². The van der Waals surface area contributed by atoms with Crippen molar-refractivity contribution in [3.63, 3.8) is 0 Å². The maximum atomic E-state index is 11.5. The number of ether oxygens (including phenoxy) is 2. The Morgan fingerprint density at radius 1 is 1.27 bits per heavy atom. The van der Waals surface area contributed by atoms with E-state index >= 15 is 0 Å². The minimum absolute atomic E-state index is 0.0123. The van der Waals surface area contributed by atoms with Crippen LogP contribution in [0.15, 0.2) is 12.1 Å². The fourth-order valence-electron chi connectivity index (χ4n) is 3.97. The Balaban J connectivity index is 1.78. The Morgan fingerprint density at radius 3 is 2.42 bits per heavy atom. The molecule has 0 aromatic heterocycles. The number of fused-ring (bicyclic) bond motifs is 1. The molecule has 0 amide bonds. The summed E-state index contributed by atoms with van der Waals surface area (Å²) in [6.45, 7) is 10.1. The van der Waals surface area contributed by atoms with Gasteiger partial charge in [-0.2, -0.15) is 0 Å². The van der Waals surface area contributed by atoms with E-state index < -0.39 is 10.5 Å². The quantitative estimate of drug-likeness (QED) is 0.635. The van der Waals surface area contributed by atoms with Crippen LogP contribution in [0.3, 0.4) is 0 Å². The maximum absolute atomic E-state index is 11.5. The SMILES string of the molecule is CC1(C)Cc2cc([N+](=O)[O-])c(OC3CCC(O)(C(C)(C)C)CC3)cc2O1. The lowest BCUT2D eigenvalue weighted by atomic mass is 9.68. The molecule has 0 unspecified atom stereocenters. The summed E-state index contributed by atoms with van der Waals surface area (Å²) in [5.74, 6) is 0.926. The van der Waals surface area contributed by atoms with Crippen LogP contribution in [0, 0.1) is 15.5 Å². The average molecular weight is 363 g/mol. The third kappa shape index (κ3) is 3.52. The summed E-state index contributed by atoms with van der Waals surface area (Å²) in [6, 6.07) is 3.24. The van der Waals surface area contributed by atoms with Crippen molar-refractivity contribution in [3.8, 4) is 11.5 Å². The fraction of sp³-hybridized carbons (Fsp3) is 0.700. The number of aliphatic hydroxyl groups is 1. The van der Waals surface area contributed by atoms with Crippen molar-refractivity contribution in [2.24, 2.45) is 5.41 Å². The molecule has 1 aliphatic heterocycles. The molecule has 0 radical (unpaired) electrons. The van der Waals surface area contributed by atoms with E-state index in [1.165, 1.54) is 0 Å². The fourth-order valence-corrected chi connectivity index (χ4v) is 3.97. The first-order valence-corrected chi connectivity index (χ1v) is 9.30. The second-order valence-corrected chi connectivity index (χ2v) is 9.32. The van der Waals surface area contributed by atoms with Gasteiger partial charge >= 0.3 is 5.69 Å². The first kappa shape index (κ1) is 19.0. The van der Waals surface area contributed by atoms with Crippen molar-refractivity contribution in [2.75, 3.05) is 0 Å². The molecule has 1 saturated carbocycles. The largest absolute Gasteiger partial charge is 0.487 e. The van der Waals surface area contributed by atoms with Crippen LogP contribution in [-0.2, 0) is 6.42 Å². The molecule has 1 N–H and O–H groups in total. The van der Waals surface area contributed by atoms with Gasteiger partial charge in [-0.3, -0.25) is 10.1 Å². The van der Waals surface area contributed by atoms with Gasteiger partial charge in [0.05, 0.1) is 16.6 Å². The van der Waals surface area contributed by atoms with Gasteiger partial charge in [-0.1, -0.05) is 20.8 Å². The predicted molar refractivity (Wildman–Crippen MR) is 98.8 cm³/mol. The summed E-state index contributed by atoms with van der Waals surface area (Å²) >= 11 is 0. The van der Waals surface area contributed by atoms with Crippen LogP contribution in [0.4, 0.5) is 5.69 Å². The maximum Gasteiger partial charge on any atom is 0.311 e. The number of nitro benzene ring substituents is 1. The van der Waals surface area contributed by atoms with Gasteiger partial charge < -0.3 is 14.6 Å². The number of hydrogen-bond donors (Lipinski definition) is 1. The van der Waals surface area contributed by atoms with Crippen LogP contribution in [0.1, 0.15) is 65.9 Å². The Hall–Kier alpha value is -1.82. The number of nitro groups is 1. The Morgan fingerprint density at radius 2 is 1.88 bits per heavy atom. The first-order valence-electron chi connectivity index (χ1n) is 9.30. The molecule has 1 fully saturated rings. The molecule has 1 aliphatic carbocycles. The van der Waals surface area contributed by atoms with Gasteiger partial charge in [-0.25, -0.2) is 0 Å². The molecule has 3 rings (SSSR count). The standard InChI is InChI=1S/C20H29NO5/c1-18(2,3)20(22)8-6-14(7-9-20)25-17-11-16-13(10-15(17)21(23)24)12-19(4,5)26-16/h10-11,14,22H,6-9,12H2,1-5H3. The molecular formula is C20H29NO5. The summed E-state index contributed by atoms with van der Waals surface area (Å²) in [5.41, 5.74) is -0.439. The third-order valence-electron chi connectivity index (χ3n) is 5.79. The lowest BCUT2D eigenvalue weighted by Crippen LogP contribution is -2.47. The summed E-state index contributed by atoms with van der Waals surface area (Å²) in [7, 11) is 0. The minimum atomic E-state index is -0.718. The topological polar surface area (TPSA) is 81.8 Å². The van der Waals surface area contributed by atoms with Crippen LogP contribution < -0.4 is 9.47 Å². The predicted octanol–water partition coefficient (Wildman–Crippen LogP) is 4.41. The average Bonchev–Trinajstić information content (AvgIpc) is 2.80. The van der Waals surface area contributed by atoms with Crippen LogP contribution in [0.2, 0.25) is 0 Å². The normalized spacial score (nSPS) is 27.5. The van der Waals surface area contributed by atoms with Crippen molar-refractivity contribution in [3.05, 3.63) is 27.8 Å². The van der Waals surface area contributed by atoms with Gasteiger partial charge in [0.1, 0.15) is 11.4 Å². The zero-order valence-corrected chi connectivity index (χ0v) is 16.3. The molecule has 6 heteroatoms. The summed E-state index contributed by atoms with van der Waals surface area (Å²) < 4.78 is 11.9. The Bertz CT molecular complexity index is 712. The summed E-state index contributed by atoms with van der Waals surface area (Å²) in [5, 5.41) is 22.3. The van der Waals surface area contributed by atoms with Gasteiger partial charge in [0.15, 0.2) is 0 Å². The van der Waals surface area contributed by atoms with E-state index in [1.54, 1.807) is 12.1 Å². The van der Waals surface area contributed by atoms with Gasteiger partial charge in [-0.05, 0) is 44.9 Å². The Labute approximate surface area is 154 Å². The number of hydrogen-bond acceptors (Lipinski definition) is 5. The number of benzene rings is 1. The smallest absolute Gasteiger partial charge is 0.311 e. The van der Waals surface area contributed by atoms with Crippen molar-refractivity contribution >= 4 is 5.69 Å². The molecule has 1 aromatic rings. The molecule has 6 nitrogen and oxygen atoms in total.